The van der Waals surface area contributed by atoms with Crippen LogP contribution in [0.3, 0.4) is 0 Å². The number of aliphatic hydroxyl groups is 3. The van der Waals surface area contributed by atoms with Crippen LogP contribution in [0.15, 0.2) is 12.1 Å². The number of rotatable bonds is 0. The molecule has 3 N–H and O–H groups in total. The topological polar surface area (TPSA) is 74.8 Å². The fourth-order valence-corrected chi connectivity index (χ4v) is 1.20. The van der Waals surface area contributed by atoms with Gasteiger partial charge in [-0.25, -0.2) is 0 Å². The van der Waals surface area contributed by atoms with Gasteiger partial charge in [0.2, 0.25) is 0 Å². The fraction of sp³-hybridized carbons (Fsp3) is 0.778. The van der Waals surface area contributed by atoms with Crippen LogP contribution in [0.1, 0.15) is 73.7 Å². The molecule has 0 radical (unpaired) electrons. The molecule has 0 spiro atoms. The van der Waals surface area contributed by atoms with E-state index in [1.54, 1.807) is 20.8 Å². The van der Waals surface area contributed by atoms with Gasteiger partial charge in [-0.15, -0.1) is 0 Å². The zero-order valence-electron chi connectivity index (χ0n) is 16.6. The van der Waals surface area contributed by atoms with E-state index in [1.807, 2.05) is 0 Å². The van der Waals surface area contributed by atoms with Crippen LogP contribution in [0.4, 0.5) is 0 Å². The standard InChI is InChI=1S/C12H20N.3C2H6O.Ti/c1-11(2,3)9-7-8-10(13-9)12(4,5)6;3*1-2-3;/h7-8H,1-6H3;3*3H,2H2,1H3;/q-1;;;;. The van der Waals surface area contributed by atoms with Crippen LogP contribution in [0, 0.1) is 0 Å². The molecule has 1 rings (SSSR count). The van der Waals surface area contributed by atoms with Crippen LogP contribution >= 0.6 is 0 Å². The first kappa shape index (κ1) is 30.7. The van der Waals surface area contributed by atoms with E-state index in [0.29, 0.717) is 0 Å². The van der Waals surface area contributed by atoms with E-state index in [-0.39, 0.29) is 52.4 Å². The zero-order chi connectivity index (χ0) is 18.4. The van der Waals surface area contributed by atoms with Gasteiger partial charge in [-0.2, -0.15) is 11.4 Å². The van der Waals surface area contributed by atoms with Crippen molar-refractivity contribution in [3.05, 3.63) is 23.5 Å². The van der Waals surface area contributed by atoms with Gasteiger partial charge >= 0.3 is 0 Å². The summed E-state index contributed by atoms with van der Waals surface area (Å²) in [4.78, 5) is 4.65. The van der Waals surface area contributed by atoms with Crippen molar-refractivity contribution in [3.8, 4) is 0 Å². The van der Waals surface area contributed by atoms with E-state index in [9.17, 15) is 0 Å². The molecule has 0 atom stereocenters. The molecule has 5 heteroatoms. The van der Waals surface area contributed by atoms with E-state index in [4.69, 9.17) is 15.3 Å². The minimum absolute atomic E-state index is 0. The average molecular weight is 364 g/mol. The van der Waals surface area contributed by atoms with Crippen molar-refractivity contribution < 1.29 is 37.0 Å². The average Bonchev–Trinajstić information content (AvgIpc) is 2.80. The monoisotopic (exact) mass is 364 g/mol. The van der Waals surface area contributed by atoms with Crippen molar-refractivity contribution in [2.75, 3.05) is 19.8 Å². The van der Waals surface area contributed by atoms with E-state index in [1.165, 1.54) is 11.4 Å². The maximum atomic E-state index is 7.57. The molecule has 0 aliphatic heterocycles. The van der Waals surface area contributed by atoms with Gasteiger partial charge in [0.05, 0.1) is 0 Å². The quantitative estimate of drug-likeness (QED) is 0.618. The van der Waals surface area contributed by atoms with E-state index in [0.717, 1.165) is 0 Å². The molecular weight excluding hydrogens is 326 g/mol. The second-order valence-electron chi connectivity index (χ2n) is 6.66. The Morgan fingerprint density at radius 2 is 0.870 bits per heavy atom. The van der Waals surface area contributed by atoms with E-state index in [2.05, 4.69) is 58.7 Å². The Morgan fingerprint density at radius 3 is 0.957 bits per heavy atom. The van der Waals surface area contributed by atoms with Crippen molar-refractivity contribution >= 4 is 0 Å². The van der Waals surface area contributed by atoms with Crippen LogP contribution in [0.2, 0.25) is 0 Å². The summed E-state index contributed by atoms with van der Waals surface area (Å²) in [5.41, 5.74) is 2.72. The van der Waals surface area contributed by atoms with Gasteiger partial charge in [0, 0.05) is 41.5 Å². The largest absolute Gasteiger partial charge is 0.664 e. The van der Waals surface area contributed by atoms with Gasteiger partial charge in [-0.3, -0.25) is 0 Å². The molecule has 0 bridgehead atoms. The molecule has 138 valence electrons. The van der Waals surface area contributed by atoms with E-state index < -0.39 is 0 Å². The Kier molecular flexibility index (Phi) is 22.3. The molecule has 4 nitrogen and oxygen atoms in total. The second-order valence-corrected chi connectivity index (χ2v) is 6.66. The number of hydrogen-bond acceptors (Lipinski definition) is 3. The summed E-state index contributed by atoms with van der Waals surface area (Å²) in [5, 5.41) is 22.7. The van der Waals surface area contributed by atoms with Crippen LogP contribution < -0.4 is 4.98 Å². The van der Waals surface area contributed by atoms with Crippen molar-refractivity contribution in [2.45, 2.75) is 73.1 Å². The van der Waals surface area contributed by atoms with Gasteiger partial charge in [-0.05, 0) is 31.6 Å². The third-order valence-corrected chi connectivity index (χ3v) is 2.18. The van der Waals surface area contributed by atoms with Gasteiger partial charge in [-0.1, -0.05) is 53.7 Å². The SMILES string of the molecule is CC(C)(C)c1ccc(C(C)(C)C)[n-]1.CCO.CCO.CCO.[Ti]. The van der Waals surface area contributed by atoms with Gasteiger partial charge in [0.1, 0.15) is 0 Å². The first-order chi connectivity index (χ1) is 9.95. The normalized spacial score (nSPS) is 9.91. The van der Waals surface area contributed by atoms with Crippen molar-refractivity contribution in [3.63, 3.8) is 0 Å². The smallest absolute Gasteiger partial charge is 0.0402 e. The summed E-state index contributed by atoms with van der Waals surface area (Å²) >= 11 is 0. The summed E-state index contributed by atoms with van der Waals surface area (Å²) < 4.78 is 0. The van der Waals surface area contributed by atoms with Crippen LogP contribution in [0.25, 0.3) is 0 Å². The molecule has 0 saturated carbocycles. The minimum Gasteiger partial charge on any atom is -0.664 e. The first-order valence-corrected chi connectivity index (χ1v) is 7.93. The molecular formula is C18H38NO3Ti-. The Labute approximate surface area is 158 Å². The Hall–Kier alpha value is -0.126. The number of aliphatic hydroxyl groups excluding tert-OH is 3. The van der Waals surface area contributed by atoms with Crippen LogP contribution in [0.5, 0.6) is 0 Å². The summed E-state index contributed by atoms with van der Waals surface area (Å²) in [6.45, 7) is 19.0. The Morgan fingerprint density at radius 1 is 0.696 bits per heavy atom. The van der Waals surface area contributed by atoms with Gasteiger partial charge < -0.3 is 20.3 Å². The molecule has 1 aromatic heterocycles. The second kappa shape index (κ2) is 16.7. The molecule has 1 heterocycles. The fourth-order valence-electron chi connectivity index (χ4n) is 1.20. The number of hydrogen-bond donors (Lipinski definition) is 3. The van der Waals surface area contributed by atoms with Crippen molar-refractivity contribution in [1.82, 2.24) is 4.98 Å². The summed E-state index contributed by atoms with van der Waals surface area (Å²) in [5.74, 6) is 0. The predicted molar refractivity (Wildman–Crippen MR) is 95.4 cm³/mol. The van der Waals surface area contributed by atoms with Gasteiger partial charge in [0.15, 0.2) is 0 Å². The molecule has 1 aromatic rings. The van der Waals surface area contributed by atoms with E-state index >= 15 is 0 Å². The molecule has 23 heavy (non-hydrogen) atoms. The van der Waals surface area contributed by atoms with Gasteiger partial charge in [0.25, 0.3) is 0 Å². The maximum absolute atomic E-state index is 7.57. The molecule has 0 unspecified atom stereocenters. The molecule has 0 aliphatic rings. The Bertz CT molecular complexity index is 306. The summed E-state index contributed by atoms with van der Waals surface area (Å²) in [7, 11) is 0. The molecule has 0 amide bonds. The molecule has 0 fully saturated rings. The molecule has 0 aromatic carbocycles. The molecule has 0 saturated heterocycles. The first-order valence-electron chi connectivity index (χ1n) is 7.93. The predicted octanol–water partition coefficient (Wildman–Crippen LogP) is 3.23. The summed E-state index contributed by atoms with van der Waals surface area (Å²) in [6.07, 6.45) is 0. The van der Waals surface area contributed by atoms with Crippen molar-refractivity contribution in [1.29, 1.82) is 0 Å². The maximum Gasteiger partial charge on any atom is 0.0402 e. The third kappa shape index (κ3) is 19.8. The van der Waals surface area contributed by atoms with Crippen LogP contribution in [-0.4, -0.2) is 35.1 Å². The summed E-state index contributed by atoms with van der Waals surface area (Å²) in [6, 6.07) is 4.28. The van der Waals surface area contributed by atoms with Crippen LogP contribution in [-0.2, 0) is 32.5 Å². The zero-order valence-corrected chi connectivity index (χ0v) is 18.1. The van der Waals surface area contributed by atoms with Crippen molar-refractivity contribution in [2.24, 2.45) is 0 Å². The molecule has 0 aliphatic carbocycles. The third-order valence-electron chi connectivity index (χ3n) is 2.18. The number of nitrogens with zero attached hydrogens (tertiary/aromatic N) is 1. The number of aromatic nitrogens is 1. The Balaban J connectivity index is -0.000000152. The minimum atomic E-state index is 0.